The highest BCUT2D eigenvalue weighted by Crippen LogP contribution is 2.35. The predicted molar refractivity (Wildman–Crippen MR) is 108 cm³/mol. The highest BCUT2D eigenvalue weighted by atomic mass is 16.5. The first-order chi connectivity index (χ1) is 14.3. The standard InChI is InChI=1S/C23H23N3O3/c27-23(25-18-12-16-6-4-5-9-21(16)29-15-18)20-10-11-28-22(20)17-13-24-26(14-17)19-7-2-1-3-8-19/h1-9,13-14,18,20,22H,10-12,15H2,(H,25,27)/t18-,20+,22-/m1/s1. The van der Waals surface area contributed by atoms with E-state index in [0.717, 1.165) is 29.0 Å². The maximum Gasteiger partial charge on any atom is 0.226 e. The quantitative estimate of drug-likeness (QED) is 0.745. The van der Waals surface area contributed by atoms with Gasteiger partial charge in [-0.3, -0.25) is 4.79 Å². The molecule has 0 saturated carbocycles. The number of hydrogen-bond acceptors (Lipinski definition) is 4. The van der Waals surface area contributed by atoms with E-state index in [0.29, 0.717) is 19.6 Å². The van der Waals surface area contributed by atoms with Gasteiger partial charge in [0.2, 0.25) is 5.91 Å². The van der Waals surface area contributed by atoms with E-state index in [9.17, 15) is 4.79 Å². The largest absolute Gasteiger partial charge is 0.491 e. The SMILES string of the molecule is O=C(N[C@H]1COc2ccccc2C1)[C@H]1CCO[C@@H]1c1cnn(-c2ccccc2)c1. The van der Waals surface area contributed by atoms with Gasteiger partial charge in [-0.25, -0.2) is 4.68 Å². The molecule has 2 aliphatic heterocycles. The Morgan fingerprint density at radius 1 is 1.10 bits per heavy atom. The molecule has 3 atom stereocenters. The van der Waals surface area contributed by atoms with E-state index in [-0.39, 0.29) is 24.0 Å². The van der Waals surface area contributed by atoms with E-state index in [1.807, 2.05) is 65.5 Å². The Bertz CT molecular complexity index is 1000. The van der Waals surface area contributed by atoms with Gasteiger partial charge in [0.1, 0.15) is 12.4 Å². The lowest BCUT2D eigenvalue weighted by Gasteiger charge is -2.27. The van der Waals surface area contributed by atoms with Crippen molar-refractivity contribution in [2.24, 2.45) is 5.92 Å². The number of benzene rings is 2. The maximum absolute atomic E-state index is 13.0. The van der Waals surface area contributed by atoms with Gasteiger partial charge in [0.25, 0.3) is 0 Å². The van der Waals surface area contributed by atoms with Crippen LogP contribution in [0.15, 0.2) is 67.0 Å². The van der Waals surface area contributed by atoms with Gasteiger partial charge >= 0.3 is 0 Å². The number of carbonyl (C=O) groups is 1. The number of para-hydroxylation sites is 2. The summed E-state index contributed by atoms with van der Waals surface area (Å²) in [5, 5.41) is 7.62. The summed E-state index contributed by atoms with van der Waals surface area (Å²) in [6, 6.07) is 17.9. The van der Waals surface area contributed by atoms with Gasteiger partial charge in [0.05, 0.1) is 29.9 Å². The highest BCUT2D eigenvalue weighted by molar-refractivity contribution is 5.80. The fraction of sp³-hybridized carbons (Fsp3) is 0.304. The van der Waals surface area contributed by atoms with Gasteiger partial charge in [0, 0.05) is 18.4 Å². The van der Waals surface area contributed by atoms with Crippen LogP contribution in [-0.4, -0.2) is 34.9 Å². The van der Waals surface area contributed by atoms with Crippen LogP contribution in [0, 0.1) is 5.92 Å². The average molecular weight is 389 g/mol. The van der Waals surface area contributed by atoms with Crippen molar-refractivity contribution in [3.8, 4) is 11.4 Å². The summed E-state index contributed by atoms with van der Waals surface area (Å²) >= 11 is 0. The van der Waals surface area contributed by atoms with Gasteiger partial charge < -0.3 is 14.8 Å². The first kappa shape index (κ1) is 17.9. The van der Waals surface area contributed by atoms with E-state index in [1.165, 1.54) is 0 Å². The molecule has 1 aromatic heterocycles. The lowest BCUT2D eigenvalue weighted by Crippen LogP contribution is -2.45. The molecule has 148 valence electrons. The topological polar surface area (TPSA) is 65.4 Å². The van der Waals surface area contributed by atoms with Crippen molar-refractivity contribution in [1.29, 1.82) is 0 Å². The van der Waals surface area contributed by atoms with Crippen molar-refractivity contribution in [3.05, 3.63) is 78.1 Å². The molecule has 0 spiro atoms. The van der Waals surface area contributed by atoms with Crippen LogP contribution < -0.4 is 10.1 Å². The Morgan fingerprint density at radius 3 is 2.83 bits per heavy atom. The number of fused-ring (bicyclic) bond motifs is 1. The molecule has 1 fully saturated rings. The zero-order valence-corrected chi connectivity index (χ0v) is 16.0. The van der Waals surface area contributed by atoms with Crippen molar-refractivity contribution >= 4 is 5.91 Å². The Morgan fingerprint density at radius 2 is 1.93 bits per heavy atom. The van der Waals surface area contributed by atoms with Crippen molar-refractivity contribution in [2.45, 2.75) is 25.0 Å². The van der Waals surface area contributed by atoms with E-state index >= 15 is 0 Å². The third-order valence-corrected chi connectivity index (χ3v) is 5.61. The van der Waals surface area contributed by atoms with Crippen LogP contribution in [0.1, 0.15) is 23.7 Å². The average Bonchev–Trinajstić information content (AvgIpc) is 3.44. The molecule has 0 aliphatic carbocycles. The Balaban J connectivity index is 1.27. The molecule has 3 aromatic rings. The molecule has 6 heteroatoms. The lowest BCUT2D eigenvalue weighted by molar-refractivity contribution is -0.127. The van der Waals surface area contributed by atoms with Gasteiger partial charge in [-0.2, -0.15) is 5.10 Å². The number of aromatic nitrogens is 2. The summed E-state index contributed by atoms with van der Waals surface area (Å²) in [5.41, 5.74) is 3.04. The summed E-state index contributed by atoms with van der Waals surface area (Å²) in [4.78, 5) is 13.0. The monoisotopic (exact) mass is 389 g/mol. The molecule has 1 saturated heterocycles. The molecule has 1 N–H and O–H groups in total. The minimum atomic E-state index is -0.274. The number of amides is 1. The van der Waals surface area contributed by atoms with E-state index in [4.69, 9.17) is 9.47 Å². The van der Waals surface area contributed by atoms with Crippen LogP contribution >= 0.6 is 0 Å². The van der Waals surface area contributed by atoms with Crippen LogP contribution in [0.3, 0.4) is 0 Å². The maximum atomic E-state index is 13.0. The molecule has 3 heterocycles. The Hall–Kier alpha value is -3.12. The van der Waals surface area contributed by atoms with Crippen LogP contribution in [0.2, 0.25) is 0 Å². The summed E-state index contributed by atoms with van der Waals surface area (Å²) in [6.45, 7) is 1.07. The summed E-state index contributed by atoms with van der Waals surface area (Å²) in [6.07, 6.45) is 4.96. The van der Waals surface area contributed by atoms with Crippen LogP contribution in [0.4, 0.5) is 0 Å². The fourth-order valence-electron chi connectivity index (χ4n) is 4.12. The minimum absolute atomic E-state index is 0.0212. The van der Waals surface area contributed by atoms with Crippen LogP contribution in [0.5, 0.6) is 5.75 Å². The summed E-state index contributed by atoms with van der Waals surface area (Å²) in [7, 11) is 0. The third-order valence-electron chi connectivity index (χ3n) is 5.61. The van der Waals surface area contributed by atoms with Gasteiger partial charge in [0.15, 0.2) is 0 Å². The Labute approximate surface area is 169 Å². The third kappa shape index (κ3) is 3.63. The Kier molecular flexibility index (Phi) is 4.77. The van der Waals surface area contributed by atoms with Gasteiger partial charge in [-0.15, -0.1) is 0 Å². The zero-order chi connectivity index (χ0) is 19.6. The zero-order valence-electron chi connectivity index (χ0n) is 16.0. The van der Waals surface area contributed by atoms with E-state index in [1.54, 1.807) is 6.20 Å². The minimum Gasteiger partial charge on any atom is -0.491 e. The van der Waals surface area contributed by atoms with Crippen molar-refractivity contribution < 1.29 is 14.3 Å². The molecule has 0 radical (unpaired) electrons. The molecular formula is C23H23N3O3. The molecule has 5 rings (SSSR count). The number of nitrogens with one attached hydrogen (secondary N) is 1. The molecule has 29 heavy (non-hydrogen) atoms. The van der Waals surface area contributed by atoms with Gasteiger partial charge in [-0.1, -0.05) is 36.4 Å². The molecule has 1 amide bonds. The first-order valence-corrected chi connectivity index (χ1v) is 10.0. The lowest BCUT2D eigenvalue weighted by atomic mass is 9.95. The van der Waals surface area contributed by atoms with E-state index in [2.05, 4.69) is 10.4 Å². The highest BCUT2D eigenvalue weighted by Gasteiger charge is 2.37. The normalized spacial score (nSPS) is 23.2. The number of rotatable bonds is 4. The number of hydrogen-bond donors (Lipinski definition) is 1. The van der Waals surface area contributed by atoms with Crippen molar-refractivity contribution in [3.63, 3.8) is 0 Å². The fourth-order valence-corrected chi connectivity index (χ4v) is 4.12. The second-order valence-corrected chi connectivity index (χ2v) is 7.57. The molecular weight excluding hydrogens is 366 g/mol. The van der Waals surface area contributed by atoms with Gasteiger partial charge in [-0.05, 0) is 36.6 Å². The number of carbonyl (C=O) groups excluding carboxylic acids is 1. The first-order valence-electron chi connectivity index (χ1n) is 10.0. The van der Waals surface area contributed by atoms with Crippen molar-refractivity contribution in [1.82, 2.24) is 15.1 Å². The number of ether oxygens (including phenoxy) is 2. The van der Waals surface area contributed by atoms with Crippen LogP contribution in [0.25, 0.3) is 5.69 Å². The summed E-state index contributed by atoms with van der Waals surface area (Å²) < 4.78 is 13.5. The number of nitrogens with zero attached hydrogens (tertiary/aromatic N) is 2. The van der Waals surface area contributed by atoms with E-state index < -0.39 is 0 Å². The predicted octanol–water partition coefficient (Wildman–Crippen LogP) is 3.07. The molecule has 0 bridgehead atoms. The van der Waals surface area contributed by atoms with Crippen molar-refractivity contribution in [2.75, 3.05) is 13.2 Å². The second-order valence-electron chi connectivity index (χ2n) is 7.57. The molecule has 2 aromatic carbocycles. The summed E-state index contributed by atoms with van der Waals surface area (Å²) in [5.74, 6) is 0.710. The smallest absolute Gasteiger partial charge is 0.226 e. The van der Waals surface area contributed by atoms with Crippen LogP contribution in [-0.2, 0) is 16.0 Å². The molecule has 6 nitrogen and oxygen atoms in total. The molecule has 0 unspecified atom stereocenters. The molecule has 2 aliphatic rings. The second kappa shape index (κ2) is 7.72.